The number of ether oxygens (including phenoxy) is 1. The molecular formula is C11H16N2O2S. The Bertz CT molecular complexity index is 374. The third-order valence-corrected chi connectivity index (χ3v) is 2.41. The minimum Gasteiger partial charge on any atom is -0.459 e. The monoisotopic (exact) mass is 240 g/mol. The molecule has 1 aromatic rings. The normalized spacial score (nSPS) is 11.2. The lowest BCUT2D eigenvalue weighted by Crippen LogP contribution is -2.24. The third-order valence-electron chi connectivity index (χ3n) is 1.50. The molecule has 88 valence electrons. The topological polar surface area (TPSA) is 65.2 Å². The molecule has 0 aliphatic heterocycles. The molecule has 0 radical (unpaired) electrons. The van der Waals surface area contributed by atoms with Crippen molar-refractivity contribution in [3.63, 3.8) is 0 Å². The van der Waals surface area contributed by atoms with Gasteiger partial charge in [-0.05, 0) is 32.9 Å². The number of nitrogen functional groups attached to an aromatic ring is 1. The van der Waals surface area contributed by atoms with Gasteiger partial charge in [0.15, 0.2) is 0 Å². The van der Waals surface area contributed by atoms with E-state index in [2.05, 4.69) is 4.98 Å². The van der Waals surface area contributed by atoms with Crippen LogP contribution in [0.2, 0.25) is 0 Å². The Balaban J connectivity index is 2.43. The molecule has 4 nitrogen and oxygen atoms in total. The van der Waals surface area contributed by atoms with E-state index in [-0.39, 0.29) is 11.7 Å². The fraction of sp³-hybridized carbons (Fsp3) is 0.455. The summed E-state index contributed by atoms with van der Waals surface area (Å²) in [4.78, 5) is 15.5. The van der Waals surface area contributed by atoms with Crippen molar-refractivity contribution in [3.05, 3.63) is 18.2 Å². The molecule has 0 saturated heterocycles. The van der Waals surface area contributed by atoms with Gasteiger partial charge in [-0.25, -0.2) is 4.98 Å². The van der Waals surface area contributed by atoms with E-state index >= 15 is 0 Å². The molecule has 0 aromatic carbocycles. The van der Waals surface area contributed by atoms with Crippen molar-refractivity contribution in [1.29, 1.82) is 0 Å². The number of anilines is 1. The van der Waals surface area contributed by atoms with Crippen LogP contribution < -0.4 is 5.73 Å². The molecule has 2 N–H and O–H groups in total. The lowest BCUT2D eigenvalue weighted by Gasteiger charge is -2.19. The molecule has 0 amide bonds. The van der Waals surface area contributed by atoms with Crippen LogP contribution in [-0.4, -0.2) is 22.3 Å². The molecule has 0 aliphatic carbocycles. The Hall–Kier alpha value is -1.23. The average molecular weight is 240 g/mol. The number of hydrogen-bond donors (Lipinski definition) is 1. The van der Waals surface area contributed by atoms with Crippen molar-refractivity contribution in [2.75, 3.05) is 11.5 Å². The number of pyridine rings is 1. The molecule has 1 heterocycles. The predicted molar refractivity (Wildman–Crippen MR) is 65.2 cm³/mol. The van der Waals surface area contributed by atoms with Gasteiger partial charge in [0, 0.05) is 0 Å². The zero-order valence-electron chi connectivity index (χ0n) is 9.69. The maximum atomic E-state index is 11.4. The lowest BCUT2D eigenvalue weighted by molar-refractivity contribution is -0.151. The van der Waals surface area contributed by atoms with Gasteiger partial charge in [0.05, 0.1) is 10.8 Å². The number of carbonyl (C=O) groups is 1. The summed E-state index contributed by atoms with van der Waals surface area (Å²) in [6, 6.07) is 5.32. The molecule has 16 heavy (non-hydrogen) atoms. The highest BCUT2D eigenvalue weighted by atomic mass is 32.2. The SMILES string of the molecule is CC(C)(C)OC(=O)CSc1cccc(N)n1. The second kappa shape index (κ2) is 5.21. The minimum absolute atomic E-state index is 0.244. The maximum Gasteiger partial charge on any atom is 0.316 e. The summed E-state index contributed by atoms with van der Waals surface area (Å²) in [7, 11) is 0. The second-order valence-electron chi connectivity index (χ2n) is 4.28. The molecule has 1 aromatic heterocycles. The van der Waals surface area contributed by atoms with E-state index in [1.807, 2.05) is 26.8 Å². The van der Waals surface area contributed by atoms with E-state index in [0.29, 0.717) is 5.82 Å². The summed E-state index contributed by atoms with van der Waals surface area (Å²) in [5.41, 5.74) is 5.08. The van der Waals surface area contributed by atoms with Crippen LogP contribution in [0.25, 0.3) is 0 Å². The van der Waals surface area contributed by atoms with Crippen molar-refractivity contribution in [2.45, 2.75) is 31.4 Å². The van der Waals surface area contributed by atoms with Crippen LogP contribution in [0, 0.1) is 0 Å². The van der Waals surface area contributed by atoms with Gasteiger partial charge >= 0.3 is 5.97 Å². The lowest BCUT2D eigenvalue weighted by atomic mass is 10.2. The molecule has 0 atom stereocenters. The third kappa shape index (κ3) is 5.02. The highest BCUT2D eigenvalue weighted by molar-refractivity contribution is 7.99. The van der Waals surface area contributed by atoms with Gasteiger partial charge in [0.2, 0.25) is 0 Å². The Kier molecular flexibility index (Phi) is 4.18. The molecule has 1 rings (SSSR count). The number of nitrogens with zero attached hydrogens (tertiary/aromatic N) is 1. The first kappa shape index (κ1) is 12.8. The largest absolute Gasteiger partial charge is 0.459 e. The molecule has 0 saturated carbocycles. The van der Waals surface area contributed by atoms with Crippen LogP contribution in [-0.2, 0) is 9.53 Å². The number of nitrogens with two attached hydrogens (primary N) is 1. The van der Waals surface area contributed by atoms with Crippen LogP contribution in [0.1, 0.15) is 20.8 Å². The van der Waals surface area contributed by atoms with E-state index in [1.54, 1.807) is 12.1 Å². The Morgan fingerprint density at radius 2 is 2.19 bits per heavy atom. The minimum atomic E-state index is -0.444. The van der Waals surface area contributed by atoms with Gasteiger partial charge in [-0.15, -0.1) is 0 Å². The zero-order chi connectivity index (χ0) is 12.2. The Morgan fingerprint density at radius 1 is 1.50 bits per heavy atom. The summed E-state index contributed by atoms with van der Waals surface area (Å²) < 4.78 is 5.17. The van der Waals surface area contributed by atoms with E-state index in [1.165, 1.54) is 11.8 Å². The molecule has 0 bridgehead atoms. The van der Waals surface area contributed by atoms with Crippen LogP contribution >= 0.6 is 11.8 Å². The molecule has 0 fully saturated rings. The summed E-state index contributed by atoms with van der Waals surface area (Å²) in [6.45, 7) is 5.52. The summed E-state index contributed by atoms with van der Waals surface area (Å²) in [5, 5.41) is 0.728. The van der Waals surface area contributed by atoms with Crippen LogP contribution in [0.4, 0.5) is 5.82 Å². The Morgan fingerprint density at radius 3 is 2.75 bits per heavy atom. The van der Waals surface area contributed by atoms with Crippen LogP contribution in [0.3, 0.4) is 0 Å². The predicted octanol–water partition coefficient (Wildman–Crippen LogP) is 2.10. The quantitative estimate of drug-likeness (QED) is 0.647. The van der Waals surface area contributed by atoms with Gasteiger partial charge in [-0.1, -0.05) is 17.8 Å². The van der Waals surface area contributed by atoms with Gasteiger partial charge in [-0.2, -0.15) is 0 Å². The van der Waals surface area contributed by atoms with Crippen molar-refractivity contribution in [3.8, 4) is 0 Å². The smallest absolute Gasteiger partial charge is 0.316 e. The number of esters is 1. The van der Waals surface area contributed by atoms with Crippen molar-refractivity contribution in [2.24, 2.45) is 0 Å². The van der Waals surface area contributed by atoms with Gasteiger partial charge in [0.1, 0.15) is 11.4 Å². The zero-order valence-corrected chi connectivity index (χ0v) is 10.5. The van der Waals surface area contributed by atoms with Crippen molar-refractivity contribution in [1.82, 2.24) is 4.98 Å². The fourth-order valence-electron chi connectivity index (χ4n) is 1.02. The van der Waals surface area contributed by atoms with Crippen molar-refractivity contribution >= 4 is 23.5 Å². The second-order valence-corrected chi connectivity index (χ2v) is 5.27. The fourth-order valence-corrected chi connectivity index (χ4v) is 1.68. The van der Waals surface area contributed by atoms with E-state index in [0.717, 1.165) is 5.03 Å². The molecule has 5 heteroatoms. The van der Waals surface area contributed by atoms with Gasteiger partial charge < -0.3 is 10.5 Å². The van der Waals surface area contributed by atoms with E-state index in [4.69, 9.17) is 10.5 Å². The molecule has 0 unspecified atom stereocenters. The number of thioether (sulfide) groups is 1. The standard InChI is InChI=1S/C11H16N2O2S/c1-11(2,3)15-10(14)7-16-9-6-4-5-8(12)13-9/h4-6H,7H2,1-3H3,(H2,12,13). The molecular weight excluding hydrogens is 224 g/mol. The van der Waals surface area contributed by atoms with E-state index < -0.39 is 5.60 Å². The number of rotatable bonds is 3. The number of hydrogen-bond acceptors (Lipinski definition) is 5. The first-order valence-electron chi connectivity index (χ1n) is 4.94. The van der Waals surface area contributed by atoms with Gasteiger partial charge in [0.25, 0.3) is 0 Å². The number of aromatic nitrogens is 1. The molecule has 0 aliphatic rings. The Labute approximate surface area is 99.6 Å². The first-order chi connectivity index (χ1) is 7.37. The first-order valence-corrected chi connectivity index (χ1v) is 5.92. The summed E-state index contributed by atoms with van der Waals surface area (Å²) in [5.74, 6) is 0.448. The average Bonchev–Trinajstić information content (AvgIpc) is 2.12. The van der Waals surface area contributed by atoms with E-state index in [9.17, 15) is 4.79 Å². The number of carbonyl (C=O) groups excluding carboxylic acids is 1. The van der Waals surface area contributed by atoms with Crippen LogP contribution in [0.15, 0.2) is 23.2 Å². The van der Waals surface area contributed by atoms with Crippen molar-refractivity contribution < 1.29 is 9.53 Å². The summed E-state index contributed by atoms with van der Waals surface area (Å²) in [6.07, 6.45) is 0. The highest BCUT2D eigenvalue weighted by Gasteiger charge is 2.16. The maximum absolute atomic E-state index is 11.4. The highest BCUT2D eigenvalue weighted by Crippen LogP contribution is 2.17. The summed E-state index contributed by atoms with van der Waals surface area (Å²) >= 11 is 1.32. The van der Waals surface area contributed by atoms with Crippen LogP contribution in [0.5, 0.6) is 0 Å². The van der Waals surface area contributed by atoms with Gasteiger partial charge in [-0.3, -0.25) is 4.79 Å². The molecule has 0 spiro atoms.